The largest absolute Gasteiger partial charge is 0.396 e. The molecule has 0 amide bonds. The molecular weight excluding hydrogens is 314 g/mol. The van der Waals surface area contributed by atoms with Gasteiger partial charge in [-0.3, -0.25) is 0 Å². The Morgan fingerprint density at radius 2 is 1.88 bits per heavy atom. The second kappa shape index (κ2) is 6.70. The molecule has 6 heteroatoms. The Bertz CT molecular complexity index is 994. The highest BCUT2D eigenvalue weighted by Gasteiger charge is 2.09. The van der Waals surface area contributed by atoms with E-state index in [1.54, 1.807) is 12.4 Å². The van der Waals surface area contributed by atoms with Crippen LogP contribution in [0.3, 0.4) is 0 Å². The van der Waals surface area contributed by atoms with Crippen molar-refractivity contribution in [1.82, 2.24) is 19.9 Å². The number of aromatic nitrogens is 4. The molecule has 4 rings (SSSR count). The van der Waals surface area contributed by atoms with Crippen molar-refractivity contribution in [1.29, 1.82) is 0 Å². The normalized spacial score (nSPS) is 10.9. The third-order valence-corrected chi connectivity index (χ3v) is 3.99. The number of hydrogen-bond acceptors (Lipinski definition) is 5. The van der Waals surface area contributed by atoms with Crippen molar-refractivity contribution in [2.45, 2.75) is 6.42 Å². The van der Waals surface area contributed by atoms with E-state index < -0.39 is 0 Å². The van der Waals surface area contributed by atoms with Crippen molar-refractivity contribution < 1.29 is 5.11 Å². The van der Waals surface area contributed by atoms with Gasteiger partial charge < -0.3 is 15.4 Å². The molecule has 0 bridgehead atoms. The lowest BCUT2D eigenvalue weighted by atomic mass is 10.1. The number of nitrogens with zero attached hydrogens (tertiary/aromatic N) is 3. The monoisotopic (exact) mass is 331 g/mol. The summed E-state index contributed by atoms with van der Waals surface area (Å²) in [4.78, 5) is 16.4. The van der Waals surface area contributed by atoms with Gasteiger partial charge in [0.1, 0.15) is 5.65 Å². The van der Waals surface area contributed by atoms with Crippen molar-refractivity contribution in [2.24, 2.45) is 0 Å². The highest BCUT2D eigenvalue weighted by atomic mass is 16.2. The van der Waals surface area contributed by atoms with Crippen molar-refractivity contribution in [3.63, 3.8) is 0 Å². The van der Waals surface area contributed by atoms with Crippen molar-refractivity contribution >= 4 is 22.7 Å². The minimum Gasteiger partial charge on any atom is -0.396 e. The number of hydrogen-bond donors (Lipinski definition) is 3. The molecule has 6 nitrogen and oxygen atoms in total. The molecule has 0 aliphatic carbocycles. The number of pyridine rings is 1. The molecule has 124 valence electrons. The Morgan fingerprint density at radius 3 is 2.72 bits per heavy atom. The lowest BCUT2D eigenvalue weighted by Crippen LogP contribution is -1.98. The van der Waals surface area contributed by atoms with Crippen molar-refractivity contribution in [3.8, 4) is 11.3 Å². The molecule has 3 heterocycles. The van der Waals surface area contributed by atoms with E-state index >= 15 is 0 Å². The first-order valence-electron chi connectivity index (χ1n) is 8.06. The summed E-state index contributed by atoms with van der Waals surface area (Å²) in [5.41, 5.74) is 4.65. The fourth-order valence-corrected chi connectivity index (χ4v) is 2.75. The smallest absolute Gasteiger partial charge is 0.227 e. The van der Waals surface area contributed by atoms with E-state index in [9.17, 15) is 0 Å². The molecule has 0 saturated heterocycles. The summed E-state index contributed by atoms with van der Waals surface area (Å²) in [6, 6.07) is 13.7. The predicted octanol–water partition coefficient (Wildman–Crippen LogP) is 3.30. The Morgan fingerprint density at radius 1 is 1.00 bits per heavy atom. The van der Waals surface area contributed by atoms with Gasteiger partial charge in [-0.1, -0.05) is 12.1 Å². The fourth-order valence-electron chi connectivity index (χ4n) is 2.75. The van der Waals surface area contributed by atoms with Gasteiger partial charge in [0.2, 0.25) is 5.95 Å². The van der Waals surface area contributed by atoms with E-state index in [1.165, 1.54) is 0 Å². The molecule has 0 aliphatic heterocycles. The molecule has 25 heavy (non-hydrogen) atoms. The van der Waals surface area contributed by atoms with Gasteiger partial charge in [-0.25, -0.2) is 15.0 Å². The molecule has 0 aliphatic rings. The van der Waals surface area contributed by atoms with Crippen molar-refractivity contribution in [2.75, 3.05) is 11.9 Å². The van der Waals surface area contributed by atoms with Gasteiger partial charge in [-0.2, -0.15) is 0 Å². The first-order chi connectivity index (χ1) is 12.3. The highest BCUT2D eigenvalue weighted by molar-refractivity contribution is 5.92. The molecular formula is C19H17N5O. The molecule has 0 unspecified atom stereocenters. The number of H-pyrrole nitrogens is 1. The van der Waals surface area contributed by atoms with E-state index in [-0.39, 0.29) is 6.61 Å². The quantitative estimate of drug-likeness (QED) is 0.522. The summed E-state index contributed by atoms with van der Waals surface area (Å²) in [5.74, 6) is 0.533. The summed E-state index contributed by atoms with van der Waals surface area (Å²) in [6.07, 6.45) is 6.06. The Hall–Kier alpha value is -3.25. The zero-order chi connectivity index (χ0) is 17.1. The Balaban J connectivity index is 1.61. The standard InChI is InChI=1S/C19H17N5O/c25-11-8-13-3-5-14(6-4-13)23-19-21-10-7-17(24-19)16-12-22-18-15(16)2-1-9-20-18/h1-7,9-10,12,25H,8,11H2,(H,20,22)(H,21,23,24). The number of nitrogens with one attached hydrogen (secondary N) is 2. The van der Waals surface area contributed by atoms with Gasteiger partial charge in [-0.15, -0.1) is 0 Å². The molecule has 0 radical (unpaired) electrons. The van der Waals surface area contributed by atoms with Crippen LogP contribution >= 0.6 is 0 Å². The summed E-state index contributed by atoms with van der Waals surface area (Å²) in [6.45, 7) is 0.150. The lowest BCUT2D eigenvalue weighted by Gasteiger charge is -2.07. The summed E-state index contributed by atoms with van der Waals surface area (Å²) < 4.78 is 0. The number of rotatable bonds is 5. The maximum absolute atomic E-state index is 8.98. The number of anilines is 2. The van der Waals surface area contributed by atoms with Gasteiger partial charge in [0.15, 0.2) is 0 Å². The van der Waals surface area contributed by atoms with E-state index in [1.807, 2.05) is 48.7 Å². The predicted molar refractivity (Wildman–Crippen MR) is 97.6 cm³/mol. The Labute approximate surface area is 144 Å². The SMILES string of the molecule is OCCc1ccc(Nc2nccc(-c3c[nH]c4ncccc34)n2)cc1. The number of aromatic amines is 1. The third kappa shape index (κ3) is 3.20. The van der Waals surface area contributed by atoms with E-state index in [2.05, 4.69) is 25.3 Å². The Kier molecular flexibility index (Phi) is 4.10. The van der Waals surface area contributed by atoms with Gasteiger partial charge in [0.05, 0.1) is 5.69 Å². The molecule has 1 aromatic carbocycles. The summed E-state index contributed by atoms with van der Waals surface area (Å²) in [5, 5.41) is 13.2. The fraction of sp³-hybridized carbons (Fsp3) is 0.105. The minimum absolute atomic E-state index is 0.150. The van der Waals surface area contributed by atoms with E-state index in [4.69, 9.17) is 5.11 Å². The van der Waals surface area contributed by atoms with Crippen LogP contribution in [-0.4, -0.2) is 31.6 Å². The van der Waals surface area contributed by atoms with E-state index in [0.29, 0.717) is 12.4 Å². The molecule has 3 N–H and O–H groups in total. The second-order valence-electron chi connectivity index (χ2n) is 5.66. The zero-order valence-electron chi connectivity index (χ0n) is 13.5. The maximum atomic E-state index is 8.98. The highest BCUT2D eigenvalue weighted by Crippen LogP contribution is 2.26. The first-order valence-corrected chi connectivity index (χ1v) is 8.06. The number of aliphatic hydroxyl groups excluding tert-OH is 1. The van der Waals surface area contributed by atoms with Crippen LogP contribution in [0.15, 0.2) is 61.1 Å². The molecule has 4 aromatic rings. The molecule has 0 spiro atoms. The lowest BCUT2D eigenvalue weighted by molar-refractivity contribution is 0.299. The van der Waals surface area contributed by atoms with Crippen molar-refractivity contribution in [3.05, 3.63) is 66.6 Å². The van der Waals surface area contributed by atoms with Crippen LogP contribution in [0, 0.1) is 0 Å². The molecule has 0 saturated carbocycles. The third-order valence-electron chi connectivity index (χ3n) is 3.99. The maximum Gasteiger partial charge on any atom is 0.227 e. The van der Waals surface area contributed by atoms with E-state index in [0.717, 1.165) is 33.5 Å². The van der Waals surface area contributed by atoms with Gasteiger partial charge in [-0.05, 0) is 42.3 Å². The number of benzene rings is 1. The van der Waals surface area contributed by atoms with Crippen LogP contribution < -0.4 is 5.32 Å². The van der Waals surface area contributed by atoms with Crippen LogP contribution in [0.25, 0.3) is 22.3 Å². The average Bonchev–Trinajstić information content (AvgIpc) is 3.08. The summed E-state index contributed by atoms with van der Waals surface area (Å²) >= 11 is 0. The molecule has 3 aromatic heterocycles. The van der Waals surface area contributed by atoms with Crippen LogP contribution in [0.1, 0.15) is 5.56 Å². The number of fused-ring (bicyclic) bond motifs is 1. The van der Waals surface area contributed by atoms with Crippen LogP contribution in [0.4, 0.5) is 11.6 Å². The first kappa shape index (κ1) is 15.3. The van der Waals surface area contributed by atoms with Crippen LogP contribution in [-0.2, 0) is 6.42 Å². The van der Waals surface area contributed by atoms with Crippen LogP contribution in [0.2, 0.25) is 0 Å². The van der Waals surface area contributed by atoms with Gasteiger partial charge >= 0.3 is 0 Å². The second-order valence-corrected chi connectivity index (χ2v) is 5.66. The molecule has 0 fully saturated rings. The van der Waals surface area contributed by atoms with Gasteiger partial charge in [0.25, 0.3) is 0 Å². The summed E-state index contributed by atoms with van der Waals surface area (Å²) in [7, 11) is 0. The molecule has 0 atom stereocenters. The van der Waals surface area contributed by atoms with Crippen LogP contribution in [0.5, 0.6) is 0 Å². The number of aliphatic hydroxyl groups is 1. The minimum atomic E-state index is 0.150. The zero-order valence-corrected chi connectivity index (χ0v) is 13.5. The van der Waals surface area contributed by atoms with Gasteiger partial charge in [0, 0.05) is 41.8 Å². The topological polar surface area (TPSA) is 86.7 Å². The average molecular weight is 331 g/mol.